The van der Waals surface area contributed by atoms with Gasteiger partial charge in [-0.3, -0.25) is 4.79 Å². The largest absolute Gasteiger partial charge is 0.481 e. The summed E-state index contributed by atoms with van der Waals surface area (Å²) >= 11 is 0. The minimum atomic E-state index is -0.705. The molecule has 0 bridgehead atoms. The molecule has 0 aromatic carbocycles. The number of aliphatic carboxylic acids is 1. The molecule has 0 spiro atoms. The number of carbonyl (C=O) groups is 1. The van der Waals surface area contributed by atoms with E-state index >= 15 is 0 Å². The fraction of sp³-hybridized carbons (Fsp3) is 0.909. The Morgan fingerprint density at radius 1 is 1.07 bits per heavy atom. The Bertz CT molecular complexity index is 237. The molecule has 14 heavy (non-hydrogen) atoms. The monoisotopic (exact) mass is 198 g/mol. The highest BCUT2D eigenvalue weighted by Gasteiger charge is 2.50. The van der Waals surface area contributed by atoms with Gasteiger partial charge in [0.1, 0.15) is 0 Å². The van der Waals surface area contributed by atoms with Gasteiger partial charge in [0.25, 0.3) is 0 Å². The molecule has 80 valence electrons. The smallest absolute Gasteiger partial charge is 0.309 e. The molecule has 3 heteroatoms. The Balaban J connectivity index is 2.04. The molecule has 0 aromatic rings. The predicted octanol–water partition coefficient (Wildman–Crippen LogP) is 1.94. The molecule has 2 aliphatic rings. The van der Waals surface area contributed by atoms with Gasteiger partial charge in [-0.15, -0.1) is 0 Å². The van der Waals surface area contributed by atoms with Crippen LogP contribution in [0, 0.1) is 5.41 Å². The summed E-state index contributed by atoms with van der Waals surface area (Å²) in [4.78, 5) is 11.1. The van der Waals surface area contributed by atoms with Gasteiger partial charge >= 0.3 is 5.97 Å². The van der Waals surface area contributed by atoms with Crippen molar-refractivity contribution in [1.29, 1.82) is 0 Å². The van der Waals surface area contributed by atoms with Crippen LogP contribution in [0.4, 0.5) is 0 Å². The maximum Gasteiger partial charge on any atom is 0.309 e. The van der Waals surface area contributed by atoms with E-state index in [0.717, 1.165) is 44.9 Å². The van der Waals surface area contributed by atoms with Gasteiger partial charge in [-0.1, -0.05) is 19.3 Å². The van der Waals surface area contributed by atoms with Crippen LogP contribution in [0.1, 0.15) is 51.4 Å². The summed E-state index contributed by atoms with van der Waals surface area (Å²) in [5.41, 5.74) is -1.25. The van der Waals surface area contributed by atoms with Crippen molar-refractivity contribution in [2.75, 3.05) is 0 Å². The number of hydrogen-bond acceptors (Lipinski definition) is 2. The van der Waals surface area contributed by atoms with Crippen LogP contribution in [0.25, 0.3) is 0 Å². The van der Waals surface area contributed by atoms with Crippen LogP contribution in [-0.2, 0) is 4.79 Å². The number of aliphatic hydroxyl groups is 1. The summed E-state index contributed by atoms with van der Waals surface area (Å²) in [5.74, 6) is -0.705. The minimum absolute atomic E-state index is 0.481. The summed E-state index contributed by atoms with van der Waals surface area (Å²) in [5, 5.41) is 19.3. The van der Waals surface area contributed by atoms with E-state index in [2.05, 4.69) is 0 Å². The lowest BCUT2D eigenvalue weighted by molar-refractivity contribution is -0.160. The fourth-order valence-corrected chi connectivity index (χ4v) is 2.91. The van der Waals surface area contributed by atoms with E-state index in [1.54, 1.807) is 0 Å². The van der Waals surface area contributed by atoms with E-state index in [-0.39, 0.29) is 0 Å². The third-order valence-electron chi connectivity index (χ3n) is 3.97. The standard InChI is InChI=1S/C11H18O3/c12-9(13)10(4-3-5-10)8-11(14)6-1-2-7-11/h14H,1-8H2,(H,12,13). The first-order valence-corrected chi connectivity index (χ1v) is 5.52. The molecular weight excluding hydrogens is 180 g/mol. The maximum absolute atomic E-state index is 11.1. The van der Waals surface area contributed by atoms with Crippen LogP contribution in [0.2, 0.25) is 0 Å². The molecule has 2 rings (SSSR count). The Labute approximate surface area is 84.1 Å². The molecule has 3 nitrogen and oxygen atoms in total. The SMILES string of the molecule is O=C(O)C1(CC2(O)CCCC2)CCC1. The summed E-state index contributed by atoms with van der Waals surface area (Å²) in [6, 6.07) is 0. The van der Waals surface area contributed by atoms with Crippen LogP contribution in [0.15, 0.2) is 0 Å². The Hall–Kier alpha value is -0.570. The summed E-state index contributed by atoms with van der Waals surface area (Å²) in [6.07, 6.45) is 6.68. The number of hydrogen-bond donors (Lipinski definition) is 2. The average Bonchev–Trinajstić information content (AvgIpc) is 2.45. The minimum Gasteiger partial charge on any atom is -0.481 e. The van der Waals surface area contributed by atoms with Gasteiger partial charge < -0.3 is 10.2 Å². The molecule has 0 saturated heterocycles. The molecule has 2 fully saturated rings. The molecule has 2 N–H and O–H groups in total. The number of carboxylic acids is 1. The molecule has 0 atom stereocenters. The summed E-state index contributed by atoms with van der Waals surface area (Å²) in [7, 11) is 0. The first-order chi connectivity index (χ1) is 6.56. The van der Waals surface area contributed by atoms with Gasteiger partial charge in [-0.05, 0) is 32.1 Å². The Morgan fingerprint density at radius 2 is 1.64 bits per heavy atom. The normalized spacial score (nSPS) is 28.4. The zero-order valence-electron chi connectivity index (χ0n) is 8.46. The lowest BCUT2D eigenvalue weighted by Gasteiger charge is -2.42. The second kappa shape index (κ2) is 3.23. The highest BCUT2D eigenvalue weighted by Crippen LogP contribution is 2.50. The van der Waals surface area contributed by atoms with Gasteiger partial charge in [0.2, 0.25) is 0 Å². The molecule has 0 aromatic heterocycles. The average molecular weight is 198 g/mol. The molecular formula is C11H18O3. The van der Waals surface area contributed by atoms with Crippen LogP contribution < -0.4 is 0 Å². The lowest BCUT2D eigenvalue weighted by Crippen LogP contribution is -2.44. The maximum atomic E-state index is 11.1. The first kappa shape index (κ1) is 9.97. The zero-order valence-corrected chi connectivity index (χ0v) is 8.46. The van der Waals surface area contributed by atoms with E-state index in [4.69, 9.17) is 5.11 Å². The van der Waals surface area contributed by atoms with E-state index in [1.165, 1.54) is 0 Å². The van der Waals surface area contributed by atoms with Crippen LogP contribution in [-0.4, -0.2) is 21.8 Å². The van der Waals surface area contributed by atoms with Gasteiger partial charge in [0, 0.05) is 0 Å². The quantitative estimate of drug-likeness (QED) is 0.728. The summed E-state index contributed by atoms with van der Waals surface area (Å²) < 4.78 is 0. The third-order valence-corrected chi connectivity index (χ3v) is 3.97. The second-order valence-electron chi connectivity index (χ2n) is 5.05. The molecule has 0 heterocycles. The predicted molar refractivity (Wildman–Crippen MR) is 52.0 cm³/mol. The van der Waals surface area contributed by atoms with Crippen molar-refractivity contribution in [2.45, 2.75) is 57.0 Å². The Kier molecular flexibility index (Phi) is 2.30. The fourth-order valence-electron chi connectivity index (χ4n) is 2.91. The van der Waals surface area contributed by atoms with Crippen LogP contribution in [0.5, 0.6) is 0 Å². The number of carboxylic acid groups (broad SMARTS) is 1. The van der Waals surface area contributed by atoms with Crippen molar-refractivity contribution in [3.05, 3.63) is 0 Å². The van der Waals surface area contributed by atoms with E-state index in [9.17, 15) is 9.90 Å². The van der Waals surface area contributed by atoms with Crippen molar-refractivity contribution < 1.29 is 15.0 Å². The van der Waals surface area contributed by atoms with Crippen molar-refractivity contribution in [2.24, 2.45) is 5.41 Å². The molecule has 0 aliphatic heterocycles. The molecule has 2 saturated carbocycles. The van der Waals surface area contributed by atoms with Crippen molar-refractivity contribution in [3.63, 3.8) is 0 Å². The zero-order chi connectivity index (χ0) is 10.2. The van der Waals surface area contributed by atoms with Crippen molar-refractivity contribution in [3.8, 4) is 0 Å². The van der Waals surface area contributed by atoms with Crippen LogP contribution >= 0.6 is 0 Å². The van der Waals surface area contributed by atoms with Gasteiger partial charge in [-0.25, -0.2) is 0 Å². The van der Waals surface area contributed by atoms with E-state index < -0.39 is 17.0 Å². The van der Waals surface area contributed by atoms with Crippen molar-refractivity contribution in [1.82, 2.24) is 0 Å². The first-order valence-electron chi connectivity index (χ1n) is 5.52. The van der Waals surface area contributed by atoms with Gasteiger partial charge in [-0.2, -0.15) is 0 Å². The molecule has 0 radical (unpaired) electrons. The van der Waals surface area contributed by atoms with Gasteiger partial charge in [0.05, 0.1) is 11.0 Å². The highest BCUT2D eigenvalue weighted by molar-refractivity contribution is 5.75. The molecule has 2 aliphatic carbocycles. The lowest BCUT2D eigenvalue weighted by atomic mass is 9.63. The van der Waals surface area contributed by atoms with E-state index in [0.29, 0.717) is 6.42 Å². The van der Waals surface area contributed by atoms with Gasteiger partial charge in [0.15, 0.2) is 0 Å². The van der Waals surface area contributed by atoms with Crippen LogP contribution in [0.3, 0.4) is 0 Å². The second-order valence-corrected chi connectivity index (χ2v) is 5.05. The number of rotatable bonds is 3. The Morgan fingerprint density at radius 3 is 2.00 bits per heavy atom. The molecule has 0 amide bonds. The van der Waals surface area contributed by atoms with Crippen molar-refractivity contribution >= 4 is 5.97 Å². The third kappa shape index (κ3) is 1.54. The van der Waals surface area contributed by atoms with E-state index in [1.807, 2.05) is 0 Å². The molecule has 0 unspecified atom stereocenters. The summed E-state index contributed by atoms with van der Waals surface area (Å²) in [6.45, 7) is 0. The topological polar surface area (TPSA) is 57.5 Å². The highest BCUT2D eigenvalue weighted by atomic mass is 16.4.